The molecule has 7 heteroatoms. The fraction of sp³-hybridized carbons (Fsp3) is 0.286. The van der Waals surface area contributed by atoms with Crippen LogP contribution in [0.25, 0.3) is 0 Å². The molecule has 1 aliphatic rings. The molecule has 0 spiro atoms. The molecule has 0 unspecified atom stereocenters. The first-order chi connectivity index (χ1) is 9.95. The van der Waals surface area contributed by atoms with E-state index in [2.05, 4.69) is 15.5 Å². The predicted octanol–water partition coefficient (Wildman–Crippen LogP) is 1.78. The number of amidine groups is 1. The van der Waals surface area contributed by atoms with Crippen molar-refractivity contribution in [3.63, 3.8) is 0 Å². The number of carbonyl (C=O) groups is 2. The van der Waals surface area contributed by atoms with Gasteiger partial charge in [-0.3, -0.25) is 9.59 Å². The SMILES string of the molecule is CC(=O)Oc1c(C)cc(C=NN=C2NC(=O)CS2)cc1C. The summed E-state index contributed by atoms with van der Waals surface area (Å²) in [5.41, 5.74) is 2.55. The second kappa shape index (κ2) is 6.53. The van der Waals surface area contributed by atoms with Gasteiger partial charge in [-0.1, -0.05) is 11.8 Å². The summed E-state index contributed by atoms with van der Waals surface area (Å²) >= 11 is 1.32. The molecule has 1 fully saturated rings. The lowest BCUT2D eigenvalue weighted by atomic mass is 10.1. The summed E-state index contributed by atoms with van der Waals surface area (Å²) in [6, 6.07) is 3.71. The van der Waals surface area contributed by atoms with E-state index in [1.54, 1.807) is 6.21 Å². The molecule has 0 radical (unpaired) electrons. The van der Waals surface area contributed by atoms with E-state index in [1.807, 2.05) is 26.0 Å². The predicted molar refractivity (Wildman–Crippen MR) is 82.9 cm³/mol. The lowest BCUT2D eigenvalue weighted by molar-refractivity contribution is -0.132. The zero-order chi connectivity index (χ0) is 15.4. The quantitative estimate of drug-likeness (QED) is 0.399. The van der Waals surface area contributed by atoms with Crippen molar-refractivity contribution in [1.29, 1.82) is 0 Å². The maximum absolute atomic E-state index is 11.0. The van der Waals surface area contributed by atoms with Crippen molar-refractivity contribution in [2.75, 3.05) is 5.75 Å². The molecule has 1 heterocycles. The number of rotatable bonds is 3. The molecule has 0 atom stereocenters. The van der Waals surface area contributed by atoms with E-state index in [0.29, 0.717) is 16.7 Å². The van der Waals surface area contributed by atoms with E-state index < -0.39 is 0 Å². The summed E-state index contributed by atoms with van der Waals surface area (Å²) in [6.45, 7) is 5.10. The maximum atomic E-state index is 11.0. The lowest BCUT2D eigenvalue weighted by Gasteiger charge is -2.09. The molecule has 1 aromatic carbocycles. The summed E-state index contributed by atoms with van der Waals surface area (Å²) in [6.07, 6.45) is 1.59. The van der Waals surface area contributed by atoms with Crippen LogP contribution in [0, 0.1) is 13.8 Å². The standard InChI is InChI=1S/C14H15N3O3S/c1-8-4-11(5-9(2)13(8)20-10(3)18)6-15-17-14-16-12(19)7-21-14/h4-6H,7H2,1-3H3,(H,16,17,19). The largest absolute Gasteiger partial charge is 0.426 e. The van der Waals surface area contributed by atoms with Gasteiger partial charge >= 0.3 is 5.97 Å². The van der Waals surface area contributed by atoms with Crippen LogP contribution in [0.5, 0.6) is 5.75 Å². The third-order valence-electron chi connectivity index (χ3n) is 2.67. The molecule has 0 aliphatic carbocycles. The summed E-state index contributed by atoms with van der Waals surface area (Å²) < 4.78 is 5.17. The number of hydrogen-bond acceptors (Lipinski definition) is 6. The average Bonchev–Trinajstić information content (AvgIpc) is 2.79. The van der Waals surface area contributed by atoms with Crippen molar-refractivity contribution < 1.29 is 14.3 Å². The van der Waals surface area contributed by atoms with E-state index >= 15 is 0 Å². The fourth-order valence-corrected chi connectivity index (χ4v) is 2.52. The number of amides is 1. The Balaban J connectivity index is 2.14. The van der Waals surface area contributed by atoms with Crippen LogP contribution in [0.15, 0.2) is 22.3 Å². The molecule has 1 saturated heterocycles. The zero-order valence-electron chi connectivity index (χ0n) is 12.0. The first kappa shape index (κ1) is 15.2. The molecule has 1 aromatic rings. The Kier molecular flexibility index (Phi) is 4.74. The number of carbonyl (C=O) groups excluding carboxylic acids is 2. The second-order valence-electron chi connectivity index (χ2n) is 4.56. The van der Waals surface area contributed by atoms with Crippen molar-refractivity contribution in [3.05, 3.63) is 28.8 Å². The fourth-order valence-electron chi connectivity index (χ4n) is 1.89. The molecular formula is C14H15N3O3S. The average molecular weight is 305 g/mol. The molecule has 0 bridgehead atoms. The lowest BCUT2D eigenvalue weighted by Crippen LogP contribution is -2.19. The van der Waals surface area contributed by atoms with E-state index in [9.17, 15) is 9.59 Å². The number of nitrogens with one attached hydrogen (secondary N) is 1. The number of esters is 1. The Labute approximate surface area is 126 Å². The molecule has 0 saturated carbocycles. The molecule has 6 nitrogen and oxygen atoms in total. The van der Waals surface area contributed by atoms with Crippen LogP contribution in [0.3, 0.4) is 0 Å². The van der Waals surface area contributed by atoms with E-state index in [1.165, 1.54) is 18.7 Å². The molecular weight excluding hydrogens is 290 g/mol. The van der Waals surface area contributed by atoms with Gasteiger partial charge in [0.2, 0.25) is 5.91 Å². The summed E-state index contributed by atoms with van der Waals surface area (Å²) in [4.78, 5) is 22.0. The summed E-state index contributed by atoms with van der Waals surface area (Å²) in [7, 11) is 0. The highest BCUT2D eigenvalue weighted by atomic mass is 32.2. The highest BCUT2D eigenvalue weighted by Gasteiger charge is 2.16. The van der Waals surface area contributed by atoms with Crippen molar-refractivity contribution in [1.82, 2.24) is 5.32 Å². The first-order valence-electron chi connectivity index (χ1n) is 6.29. The first-order valence-corrected chi connectivity index (χ1v) is 7.27. The molecule has 21 heavy (non-hydrogen) atoms. The highest BCUT2D eigenvalue weighted by Crippen LogP contribution is 2.24. The van der Waals surface area contributed by atoms with Gasteiger partial charge in [-0.15, -0.1) is 5.10 Å². The number of nitrogens with zero attached hydrogens (tertiary/aromatic N) is 2. The molecule has 1 amide bonds. The van der Waals surface area contributed by atoms with Crippen LogP contribution >= 0.6 is 11.8 Å². The minimum absolute atomic E-state index is 0.0635. The minimum Gasteiger partial charge on any atom is -0.426 e. The molecule has 1 N–H and O–H groups in total. The molecule has 2 rings (SSSR count). The van der Waals surface area contributed by atoms with Gasteiger partial charge in [0.05, 0.1) is 12.0 Å². The number of thioether (sulfide) groups is 1. The van der Waals surface area contributed by atoms with Gasteiger partial charge in [-0.2, -0.15) is 5.10 Å². The van der Waals surface area contributed by atoms with E-state index in [0.717, 1.165) is 16.7 Å². The maximum Gasteiger partial charge on any atom is 0.308 e. The third-order valence-corrected chi connectivity index (χ3v) is 3.53. The third kappa shape index (κ3) is 4.16. The molecule has 0 aromatic heterocycles. The van der Waals surface area contributed by atoms with Crippen molar-refractivity contribution >= 4 is 35.0 Å². The summed E-state index contributed by atoms with van der Waals surface area (Å²) in [5.74, 6) is 0.544. The number of benzene rings is 1. The van der Waals surface area contributed by atoms with Crippen molar-refractivity contribution in [2.45, 2.75) is 20.8 Å². The highest BCUT2D eigenvalue weighted by molar-refractivity contribution is 8.15. The van der Waals surface area contributed by atoms with Crippen LogP contribution < -0.4 is 10.1 Å². The van der Waals surface area contributed by atoms with Crippen LogP contribution in [0.2, 0.25) is 0 Å². The second-order valence-corrected chi connectivity index (χ2v) is 5.53. The normalized spacial score (nSPS) is 16.5. The Bertz CT molecular complexity index is 630. The summed E-state index contributed by atoms with van der Waals surface area (Å²) in [5, 5.41) is 11.0. The molecule has 110 valence electrons. The smallest absolute Gasteiger partial charge is 0.308 e. The van der Waals surface area contributed by atoms with Gasteiger partial charge in [0.1, 0.15) is 5.75 Å². The number of aryl methyl sites for hydroxylation is 2. The van der Waals surface area contributed by atoms with Crippen LogP contribution in [0.1, 0.15) is 23.6 Å². The van der Waals surface area contributed by atoms with E-state index in [-0.39, 0.29) is 11.9 Å². The topological polar surface area (TPSA) is 80.1 Å². The Morgan fingerprint density at radius 2 is 2.05 bits per heavy atom. The Hall–Kier alpha value is -2.15. The van der Waals surface area contributed by atoms with Gasteiger partial charge < -0.3 is 10.1 Å². The van der Waals surface area contributed by atoms with Gasteiger partial charge in [-0.25, -0.2) is 0 Å². The van der Waals surface area contributed by atoms with Crippen LogP contribution in [0.4, 0.5) is 0 Å². The van der Waals surface area contributed by atoms with Crippen LogP contribution in [-0.4, -0.2) is 29.0 Å². The Morgan fingerprint density at radius 3 is 2.57 bits per heavy atom. The van der Waals surface area contributed by atoms with Crippen molar-refractivity contribution in [3.8, 4) is 5.75 Å². The zero-order valence-corrected chi connectivity index (χ0v) is 12.8. The number of ether oxygens (including phenoxy) is 1. The van der Waals surface area contributed by atoms with Gasteiger partial charge in [0, 0.05) is 6.92 Å². The minimum atomic E-state index is -0.344. The monoisotopic (exact) mass is 305 g/mol. The number of hydrogen-bond donors (Lipinski definition) is 1. The Morgan fingerprint density at radius 1 is 1.38 bits per heavy atom. The molecule has 1 aliphatic heterocycles. The van der Waals surface area contributed by atoms with Gasteiger partial charge in [0.15, 0.2) is 5.17 Å². The van der Waals surface area contributed by atoms with Crippen molar-refractivity contribution in [2.24, 2.45) is 10.2 Å². The van der Waals surface area contributed by atoms with Gasteiger partial charge in [0.25, 0.3) is 0 Å². The van der Waals surface area contributed by atoms with E-state index in [4.69, 9.17) is 4.74 Å². The van der Waals surface area contributed by atoms with Crippen LogP contribution in [-0.2, 0) is 9.59 Å². The van der Waals surface area contributed by atoms with Gasteiger partial charge in [-0.05, 0) is 42.7 Å².